The Balaban J connectivity index is 1.94. The van der Waals surface area contributed by atoms with Crippen LogP contribution in [0, 0.1) is 6.92 Å². The lowest BCUT2D eigenvalue weighted by Gasteiger charge is -2.25. The van der Waals surface area contributed by atoms with E-state index in [2.05, 4.69) is 4.90 Å². The molecule has 0 aliphatic rings. The van der Waals surface area contributed by atoms with Gasteiger partial charge in [-0.25, -0.2) is 0 Å². The van der Waals surface area contributed by atoms with Crippen LogP contribution in [0.2, 0.25) is 0 Å². The van der Waals surface area contributed by atoms with Crippen molar-refractivity contribution in [3.05, 3.63) is 59.7 Å². The van der Waals surface area contributed by atoms with Gasteiger partial charge in [-0.15, -0.1) is 0 Å². The molecule has 5 heteroatoms. The Hall–Kier alpha value is -2.08. The van der Waals surface area contributed by atoms with Crippen LogP contribution in [-0.4, -0.2) is 56.6 Å². The highest BCUT2D eigenvalue weighted by Gasteiger charge is 2.15. The van der Waals surface area contributed by atoms with Gasteiger partial charge in [0.1, 0.15) is 24.2 Å². The molecule has 0 radical (unpaired) electrons. The fourth-order valence-corrected chi connectivity index (χ4v) is 2.78. The predicted molar refractivity (Wildman–Crippen MR) is 103 cm³/mol. The summed E-state index contributed by atoms with van der Waals surface area (Å²) in [5.74, 6) is 1.65. The third kappa shape index (κ3) is 6.33. The molecule has 0 aromatic heterocycles. The number of aliphatic hydroxyl groups is 1. The fraction of sp³-hybridized carbons (Fsp3) is 0.429. The average molecular weight is 359 g/mol. The largest absolute Gasteiger partial charge is 0.496 e. The third-order valence-corrected chi connectivity index (χ3v) is 4.19. The molecule has 142 valence electrons. The number of hydrogen-bond acceptors (Lipinski definition) is 5. The summed E-state index contributed by atoms with van der Waals surface area (Å²) in [6.45, 7) is 4.73. The quantitative estimate of drug-likeness (QED) is 0.669. The van der Waals surface area contributed by atoms with E-state index in [1.54, 1.807) is 14.2 Å². The smallest absolute Gasteiger partial charge is 0.123 e. The number of hydrogen-bond donors (Lipinski definition) is 1. The standard InChI is InChI=1S/C21H29NO4/c1-17-8-4-6-10-20(17)26-16-19(23)15-22(12-13-24-2)14-18-9-5-7-11-21(18)25-3/h4-11,19,23H,12-16H2,1-3H3/t19-/m0/s1. The zero-order chi connectivity index (χ0) is 18.8. The SMILES string of the molecule is COCCN(Cc1ccccc1OC)C[C@H](O)COc1ccccc1C. The molecule has 0 aliphatic carbocycles. The van der Waals surface area contributed by atoms with Crippen molar-refractivity contribution in [2.75, 3.05) is 40.5 Å². The van der Waals surface area contributed by atoms with Gasteiger partial charge in [0.25, 0.3) is 0 Å². The number of benzene rings is 2. The summed E-state index contributed by atoms with van der Waals surface area (Å²) >= 11 is 0. The van der Waals surface area contributed by atoms with E-state index in [0.717, 1.165) is 29.2 Å². The lowest BCUT2D eigenvalue weighted by molar-refractivity contribution is 0.0537. The molecule has 0 saturated carbocycles. The summed E-state index contributed by atoms with van der Waals surface area (Å²) in [6.07, 6.45) is -0.596. The van der Waals surface area contributed by atoms with E-state index in [1.165, 1.54) is 0 Å². The van der Waals surface area contributed by atoms with Crippen molar-refractivity contribution in [2.45, 2.75) is 19.6 Å². The van der Waals surface area contributed by atoms with E-state index in [9.17, 15) is 5.11 Å². The molecule has 0 unspecified atom stereocenters. The van der Waals surface area contributed by atoms with E-state index >= 15 is 0 Å². The molecule has 0 aliphatic heterocycles. The van der Waals surface area contributed by atoms with Crippen molar-refractivity contribution < 1.29 is 19.3 Å². The lowest BCUT2D eigenvalue weighted by Crippen LogP contribution is -2.37. The van der Waals surface area contributed by atoms with Crippen LogP contribution in [0.3, 0.4) is 0 Å². The van der Waals surface area contributed by atoms with Crippen LogP contribution in [0.15, 0.2) is 48.5 Å². The molecular formula is C21H29NO4. The monoisotopic (exact) mass is 359 g/mol. The molecule has 0 amide bonds. The van der Waals surface area contributed by atoms with Crippen molar-refractivity contribution in [3.8, 4) is 11.5 Å². The summed E-state index contributed by atoms with van der Waals surface area (Å²) in [6, 6.07) is 15.7. The van der Waals surface area contributed by atoms with Crippen molar-refractivity contribution in [2.24, 2.45) is 0 Å². The lowest BCUT2D eigenvalue weighted by atomic mass is 10.1. The Bertz CT molecular complexity index is 662. The van der Waals surface area contributed by atoms with Crippen LogP contribution in [0.1, 0.15) is 11.1 Å². The minimum atomic E-state index is -0.596. The van der Waals surface area contributed by atoms with Gasteiger partial charge in [-0.05, 0) is 24.6 Å². The molecule has 5 nitrogen and oxygen atoms in total. The minimum absolute atomic E-state index is 0.250. The molecule has 0 heterocycles. The first-order valence-corrected chi connectivity index (χ1v) is 8.83. The van der Waals surface area contributed by atoms with Crippen molar-refractivity contribution >= 4 is 0 Å². The second-order valence-electron chi connectivity index (χ2n) is 6.27. The van der Waals surface area contributed by atoms with Crippen molar-refractivity contribution in [3.63, 3.8) is 0 Å². The molecule has 26 heavy (non-hydrogen) atoms. The third-order valence-electron chi connectivity index (χ3n) is 4.19. The van der Waals surface area contributed by atoms with Gasteiger partial charge in [0, 0.05) is 32.3 Å². The Morgan fingerprint density at radius 1 is 1.00 bits per heavy atom. The molecule has 0 fully saturated rings. The molecule has 1 N–H and O–H groups in total. The summed E-state index contributed by atoms with van der Waals surface area (Å²) in [4.78, 5) is 2.15. The number of aryl methyl sites for hydroxylation is 1. The van der Waals surface area contributed by atoms with Crippen LogP contribution in [0.25, 0.3) is 0 Å². The maximum absolute atomic E-state index is 10.4. The maximum atomic E-state index is 10.4. The van der Waals surface area contributed by atoms with E-state index in [0.29, 0.717) is 19.7 Å². The highest BCUT2D eigenvalue weighted by Crippen LogP contribution is 2.20. The molecule has 0 spiro atoms. The first-order valence-electron chi connectivity index (χ1n) is 8.83. The molecule has 0 saturated heterocycles. The van der Waals surface area contributed by atoms with Crippen LogP contribution in [-0.2, 0) is 11.3 Å². The minimum Gasteiger partial charge on any atom is -0.496 e. The van der Waals surface area contributed by atoms with E-state index < -0.39 is 6.10 Å². The second-order valence-corrected chi connectivity index (χ2v) is 6.27. The van der Waals surface area contributed by atoms with Gasteiger partial charge < -0.3 is 19.3 Å². The first kappa shape index (κ1) is 20.2. The van der Waals surface area contributed by atoms with Crippen molar-refractivity contribution in [1.82, 2.24) is 4.90 Å². The van der Waals surface area contributed by atoms with Gasteiger partial charge in [0.05, 0.1) is 13.7 Å². The average Bonchev–Trinajstić information content (AvgIpc) is 2.66. The summed E-state index contributed by atoms with van der Waals surface area (Å²) in [5.41, 5.74) is 2.14. The number of methoxy groups -OCH3 is 2. The Kier molecular flexibility index (Phi) is 8.41. The summed E-state index contributed by atoms with van der Waals surface area (Å²) < 4.78 is 16.4. The number of ether oxygens (including phenoxy) is 3. The number of rotatable bonds is 11. The molecular weight excluding hydrogens is 330 g/mol. The van der Waals surface area contributed by atoms with E-state index in [1.807, 2.05) is 55.5 Å². The second kappa shape index (κ2) is 10.8. The fourth-order valence-electron chi connectivity index (χ4n) is 2.78. The topological polar surface area (TPSA) is 51.2 Å². The Morgan fingerprint density at radius 2 is 1.69 bits per heavy atom. The molecule has 2 rings (SSSR count). The summed E-state index contributed by atoms with van der Waals surface area (Å²) in [5, 5.41) is 10.4. The van der Waals surface area contributed by atoms with Crippen LogP contribution >= 0.6 is 0 Å². The molecule has 1 atom stereocenters. The first-order chi connectivity index (χ1) is 12.6. The zero-order valence-electron chi connectivity index (χ0n) is 15.9. The van der Waals surface area contributed by atoms with Gasteiger partial charge in [-0.3, -0.25) is 4.90 Å². The van der Waals surface area contributed by atoms with E-state index in [-0.39, 0.29) is 6.61 Å². The number of para-hydroxylation sites is 2. The molecule has 2 aromatic rings. The van der Waals surface area contributed by atoms with Crippen LogP contribution < -0.4 is 9.47 Å². The van der Waals surface area contributed by atoms with Gasteiger partial charge in [-0.2, -0.15) is 0 Å². The number of nitrogens with zero attached hydrogens (tertiary/aromatic N) is 1. The number of aliphatic hydroxyl groups excluding tert-OH is 1. The molecule has 0 bridgehead atoms. The Morgan fingerprint density at radius 3 is 2.38 bits per heavy atom. The van der Waals surface area contributed by atoms with Crippen LogP contribution in [0.4, 0.5) is 0 Å². The van der Waals surface area contributed by atoms with Gasteiger partial charge >= 0.3 is 0 Å². The highest BCUT2D eigenvalue weighted by molar-refractivity contribution is 5.33. The summed E-state index contributed by atoms with van der Waals surface area (Å²) in [7, 11) is 3.35. The van der Waals surface area contributed by atoms with Crippen molar-refractivity contribution in [1.29, 1.82) is 0 Å². The predicted octanol–water partition coefficient (Wildman–Crippen LogP) is 2.89. The maximum Gasteiger partial charge on any atom is 0.123 e. The van der Waals surface area contributed by atoms with Gasteiger partial charge in [0.2, 0.25) is 0 Å². The van der Waals surface area contributed by atoms with Crippen LogP contribution in [0.5, 0.6) is 11.5 Å². The van der Waals surface area contributed by atoms with E-state index in [4.69, 9.17) is 14.2 Å². The highest BCUT2D eigenvalue weighted by atomic mass is 16.5. The Labute approximate surface area is 156 Å². The zero-order valence-corrected chi connectivity index (χ0v) is 15.9. The van der Waals surface area contributed by atoms with Gasteiger partial charge in [0.15, 0.2) is 0 Å². The normalized spacial score (nSPS) is 12.2. The van der Waals surface area contributed by atoms with Gasteiger partial charge in [-0.1, -0.05) is 36.4 Å². The molecule has 2 aromatic carbocycles.